The molecule has 1 aromatic heterocycles. The number of aromatic amines is 1. The predicted octanol–water partition coefficient (Wildman–Crippen LogP) is 1.82. The van der Waals surface area contributed by atoms with Crippen molar-refractivity contribution < 1.29 is 9.59 Å². The van der Waals surface area contributed by atoms with Crippen LogP contribution in [-0.2, 0) is 6.42 Å². The highest BCUT2D eigenvalue weighted by molar-refractivity contribution is 5.96. The second-order valence-electron chi connectivity index (χ2n) is 5.20. The Morgan fingerprint density at radius 1 is 1.42 bits per heavy atom. The fourth-order valence-electron chi connectivity index (χ4n) is 2.16. The van der Waals surface area contributed by atoms with Gasteiger partial charge >= 0.3 is 6.03 Å². The van der Waals surface area contributed by atoms with Gasteiger partial charge in [-0.15, -0.1) is 0 Å². The van der Waals surface area contributed by atoms with Crippen molar-refractivity contribution in [3.63, 3.8) is 0 Å². The molecule has 0 bridgehead atoms. The van der Waals surface area contributed by atoms with E-state index in [0.29, 0.717) is 41.9 Å². The van der Waals surface area contributed by atoms with Gasteiger partial charge < -0.3 is 16.4 Å². The average Bonchev–Trinajstić information content (AvgIpc) is 2.91. The zero-order chi connectivity index (χ0) is 17.5. The number of hydrogen-bond donors (Lipinski definition) is 4. The van der Waals surface area contributed by atoms with Gasteiger partial charge in [0.05, 0.1) is 5.69 Å². The zero-order valence-electron chi connectivity index (χ0n) is 13.2. The quantitative estimate of drug-likeness (QED) is 0.474. The van der Waals surface area contributed by atoms with Crippen LogP contribution in [0, 0.1) is 11.3 Å². The number of aromatic nitrogens is 2. The molecule has 0 radical (unpaired) electrons. The Labute approximate surface area is 139 Å². The van der Waals surface area contributed by atoms with E-state index in [9.17, 15) is 9.59 Å². The second-order valence-corrected chi connectivity index (χ2v) is 5.20. The Morgan fingerprint density at radius 2 is 2.21 bits per heavy atom. The van der Waals surface area contributed by atoms with Crippen LogP contribution in [0.25, 0.3) is 0 Å². The number of nitrogen functional groups attached to an aromatic ring is 1. The molecule has 5 N–H and O–H groups in total. The molecule has 0 aliphatic heterocycles. The summed E-state index contributed by atoms with van der Waals surface area (Å²) in [5.74, 6) is 0.120. The molecule has 0 fully saturated rings. The number of amides is 2. The number of nitrogens with two attached hydrogens (primary N) is 1. The summed E-state index contributed by atoms with van der Waals surface area (Å²) in [5, 5.41) is 20.8. The number of aryl methyl sites for hydroxylation is 1. The molecule has 124 valence electrons. The van der Waals surface area contributed by atoms with Crippen molar-refractivity contribution in [1.29, 1.82) is 5.26 Å². The number of urea groups is 1. The molecule has 0 aliphatic carbocycles. The van der Waals surface area contributed by atoms with E-state index >= 15 is 0 Å². The molecule has 1 heterocycles. The lowest BCUT2D eigenvalue weighted by atomic mass is 10.1. The number of H-pyrrole nitrogens is 1. The Morgan fingerprint density at radius 3 is 2.92 bits per heavy atom. The maximum Gasteiger partial charge on any atom is 0.319 e. The maximum atomic E-state index is 11.8. The normalized spacial score (nSPS) is 10.0. The van der Waals surface area contributed by atoms with Gasteiger partial charge in [-0.3, -0.25) is 9.89 Å². The first-order valence-electron chi connectivity index (χ1n) is 7.40. The van der Waals surface area contributed by atoms with Crippen molar-refractivity contribution in [3.05, 3.63) is 41.1 Å². The predicted molar refractivity (Wildman–Crippen MR) is 89.5 cm³/mol. The molecule has 0 spiro atoms. The monoisotopic (exact) mass is 326 g/mol. The Hall–Kier alpha value is -3.34. The van der Waals surface area contributed by atoms with Crippen molar-refractivity contribution in [1.82, 2.24) is 15.5 Å². The van der Waals surface area contributed by atoms with Gasteiger partial charge in [0.2, 0.25) is 0 Å². The first kappa shape index (κ1) is 17.0. The summed E-state index contributed by atoms with van der Waals surface area (Å²) in [5.41, 5.74) is 7.65. The number of nitrogens with zero attached hydrogens (tertiary/aromatic N) is 2. The van der Waals surface area contributed by atoms with E-state index in [1.165, 1.54) is 6.92 Å². The van der Waals surface area contributed by atoms with Crippen LogP contribution in [0.1, 0.15) is 35.0 Å². The fourth-order valence-corrected chi connectivity index (χ4v) is 2.16. The lowest BCUT2D eigenvalue weighted by molar-refractivity contribution is 0.101. The van der Waals surface area contributed by atoms with Crippen LogP contribution in [-0.4, -0.2) is 28.6 Å². The van der Waals surface area contributed by atoms with Gasteiger partial charge in [0.15, 0.2) is 11.6 Å². The van der Waals surface area contributed by atoms with E-state index in [1.807, 2.05) is 6.07 Å². The Balaban J connectivity index is 1.78. The number of anilines is 2. The molecule has 2 amide bonds. The zero-order valence-corrected chi connectivity index (χ0v) is 13.2. The van der Waals surface area contributed by atoms with E-state index < -0.39 is 0 Å². The Kier molecular flexibility index (Phi) is 5.52. The molecule has 0 saturated carbocycles. The van der Waals surface area contributed by atoms with Crippen molar-refractivity contribution in [2.24, 2.45) is 0 Å². The molecule has 8 heteroatoms. The van der Waals surface area contributed by atoms with E-state index in [1.54, 1.807) is 24.3 Å². The van der Waals surface area contributed by atoms with E-state index in [4.69, 9.17) is 11.0 Å². The summed E-state index contributed by atoms with van der Waals surface area (Å²) in [4.78, 5) is 23.1. The van der Waals surface area contributed by atoms with Crippen molar-refractivity contribution >= 4 is 23.3 Å². The summed E-state index contributed by atoms with van der Waals surface area (Å²) >= 11 is 0. The molecule has 2 rings (SSSR count). The van der Waals surface area contributed by atoms with E-state index in [-0.39, 0.29) is 17.6 Å². The molecule has 0 unspecified atom stereocenters. The summed E-state index contributed by atoms with van der Waals surface area (Å²) in [6, 6.07) is 8.36. The minimum absolute atomic E-state index is 0.0637. The van der Waals surface area contributed by atoms with Crippen LogP contribution < -0.4 is 16.4 Å². The lowest BCUT2D eigenvalue weighted by Crippen LogP contribution is -2.29. The van der Waals surface area contributed by atoms with Gasteiger partial charge in [-0.25, -0.2) is 4.79 Å². The largest absolute Gasteiger partial charge is 0.381 e. The lowest BCUT2D eigenvalue weighted by Gasteiger charge is -2.08. The highest BCUT2D eigenvalue weighted by Gasteiger charge is 2.10. The molecular formula is C16H18N6O2. The number of carbonyl (C=O) groups is 2. The fraction of sp³-hybridized carbons (Fsp3) is 0.250. The standard InChI is InChI=1S/C16H18N6O2/c1-10(23)11-4-2-5-12(8-11)20-16(24)19-7-3-6-14-13(9-17)15(18)22-21-14/h2,4-5,8H,3,6-7H2,1H3,(H3,18,21,22)(H2,19,20,24). The molecule has 8 nitrogen and oxygen atoms in total. The Bertz CT molecular complexity index is 790. The summed E-state index contributed by atoms with van der Waals surface area (Å²) in [6.07, 6.45) is 1.17. The summed E-state index contributed by atoms with van der Waals surface area (Å²) in [6.45, 7) is 1.89. The number of Topliss-reactive ketones (excluding diaryl/α,β-unsaturated/α-hetero) is 1. The smallest absolute Gasteiger partial charge is 0.319 e. The van der Waals surface area contributed by atoms with Crippen molar-refractivity contribution in [3.8, 4) is 6.07 Å². The topological polar surface area (TPSA) is 137 Å². The maximum absolute atomic E-state index is 11.8. The number of ketones is 1. The molecule has 24 heavy (non-hydrogen) atoms. The van der Waals surface area contributed by atoms with Crippen LogP contribution in [0.3, 0.4) is 0 Å². The molecule has 0 atom stereocenters. The van der Waals surface area contributed by atoms with Crippen molar-refractivity contribution in [2.45, 2.75) is 19.8 Å². The van der Waals surface area contributed by atoms with Gasteiger partial charge in [0.1, 0.15) is 11.6 Å². The minimum atomic E-state index is -0.361. The van der Waals surface area contributed by atoms with Crippen LogP contribution in [0.2, 0.25) is 0 Å². The first-order valence-corrected chi connectivity index (χ1v) is 7.40. The molecule has 1 aromatic carbocycles. The molecular weight excluding hydrogens is 308 g/mol. The van der Waals surface area contributed by atoms with Gasteiger partial charge in [0.25, 0.3) is 0 Å². The SMILES string of the molecule is CC(=O)c1cccc(NC(=O)NCCCc2[nH]nc(N)c2C#N)c1. The highest BCUT2D eigenvalue weighted by atomic mass is 16.2. The summed E-state index contributed by atoms with van der Waals surface area (Å²) in [7, 11) is 0. The van der Waals surface area contributed by atoms with E-state index in [0.717, 1.165) is 0 Å². The molecule has 2 aromatic rings. The number of nitrogens with one attached hydrogen (secondary N) is 3. The van der Waals surface area contributed by atoms with Crippen LogP contribution in [0.5, 0.6) is 0 Å². The minimum Gasteiger partial charge on any atom is -0.381 e. The third-order valence-electron chi connectivity index (χ3n) is 3.40. The van der Waals surface area contributed by atoms with Gasteiger partial charge in [-0.2, -0.15) is 10.4 Å². The van der Waals surface area contributed by atoms with Crippen LogP contribution in [0.4, 0.5) is 16.3 Å². The van der Waals surface area contributed by atoms with Gasteiger partial charge in [0, 0.05) is 17.8 Å². The number of rotatable bonds is 6. The number of benzene rings is 1. The first-order chi connectivity index (χ1) is 11.5. The third-order valence-corrected chi connectivity index (χ3v) is 3.40. The average molecular weight is 326 g/mol. The second kappa shape index (κ2) is 7.78. The van der Waals surface area contributed by atoms with Crippen LogP contribution in [0.15, 0.2) is 24.3 Å². The third kappa shape index (κ3) is 4.33. The molecule has 0 saturated heterocycles. The van der Waals surface area contributed by atoms with E-state index in [2.05, 4.69) is 20.8 Å². The summed E-state index contributed by atoms with van der Waals surface area (Å²) < 4.78 is 0. The highest BCUT2D eigenvalue weighted by Crippen LogP contribution is 2.13. The van der Waals surface area contributed by atoms with Gasteiger partial charge in [-0.05, 0) is 31.9 Å². The van der Waals surface area contributed by atoms with Crippen molar-refractivity contribution in [2.75, 3.05) is 17.6 Å². The van der Waals surface area contributed by atoms with Crippen LogP contribution >= 0.6 is 0 Å². The van der Waals surface area contributed by atoms with Gasteiger partial charge in [-0.1, -0.05) is 12.1 Å². The number of nitriles is 1. The number of hydrogen-bond acceptors (Lipinski definition) is 5. The number of carbonyl (C=O) groups excluding carboxylic acids is 2. The molecule has 0 aliphatic rings.